The standard InChI is InChI=1S/C5H10O.Zr/c1-2-3-4-5-6;/h6H,3-5H2,1H3;/q;+2. The van der Waals surface area contributed by atoms with E-state index in [1.54, 1.807) is 0 Å². The molecule has 2 heteroatoms. The van der Waals surface area contributed by atoms with Gasteiger partial charge in [-0.1, -0.05) is 0 Å². The van der Waals surface area contributed by atoms with Crippen molar-refractivity contribution in [3.63, 3.8) is 0 Å². The van der Waals surface area contributed by atoms with Crippen LogP contribution >= 0.6 is 0 Å². The average molecular weight is 177 g/mol. The monoisotopic (exact) mass is 176 g/mol. The number of aliphatic hydroxyl groups excluding tert-OH is 1. The van der Waals surface area contributed by atoms with E-state index in [4.69, 9.17) is 5.11 Å². The van der Waals surface area contributed by atoms with Crippen molar-refractivity contribution >= 4 is 3.21 Å². The fourth-order valence-corrected chi connectivity index (χ4v) is 0.779. The van der Waals surface area contributed by atoms with Gasteiger partial charge >= 0.3 is 58.9 Å². The maximum atomic E-state index is 8.31. The van der Waals surface area contributed by atoms with Crippen molar-refractivity contribution in [1.29, 1.82) is 0 Å². The molecule has 0 aliphatic carbocycles. The summed E-state index contributed by atoms with van der Waals surface area (Å²) in [6, 6.07) is 0. The van der Waals surface area contributed by atoms with Crippen LogP contribution in [0, 0.1) is 0 Å². The Labute approximate surface area is 59.1 Å². The molecule has 1 N–H and O–H groups in total. The van der Waals surface area contributed by atoms with Crippen molar-refractivity contribution < 1.29 is 29.3 Å². The molecule has 0 aliphatic heterocycles. The molecule has 0 aromatic carbocycles. The Bertz CT molecular complexity index is 61.1. The summed E-state index contributed by atoms with van der Waals surface area (Å²) in [4.78, 5) is 0. The summed E-state index contributed by atoms with van der Waals surface area (Å²) in [5.74, 6) is 0. The topological polar surface area (TPSA) is 20.2 Å². The Hall–Kier alpha value is 0.713. The summed E-state index contributed by atoms with van der Waals surface area (Å²) in [6.07, 6.45) is 2.05. The molecule has 0 rings (SSSR count). The van der Waals surface area contributed by atoms with Crippen LogP contribution in [0.1, 0.15) is 19.8 Å². The van der Waals surface area contributed by atoms with E-state index in [-0.39, 0.29) is 0 Å². The minimum atomic E-state index is 0.339. The van der Waals surface area contributed by atoms with E-state index in [1.807, 2.05) is 0 Å². The molecule has 0 radical (unpaired) electrons. The van der Waals surface area contributed by atoms with E-state index in [2.05, 4.69) is 6.92 Å². The molecule has 0 bridgehead atoms. The first-order valence-electron chi connectivity index (χ1n) is 2.42. The maximum absolute atomic E-state index is 8.31. The van der Waals surface area contributed by atoms with E-state index >= 15 is 0 Å². The normalized spacial score (nSPS) is 9.14. The SMILES string of the molecule is C[C](=[Zr+2])CCCO. The minimum absolute atomic E-state index is 0.339. The van der Waals surface area contributed by atoms with Crippen LogP contribution in [0.2, 0.25) is 0 Å². The fourth-order valence-electron chi connectivity index (χ4n) is 0.344. The van der Waals surface area contributed by atoms with Gasteiger partial charge in [0.1, 0.15) is 0 Å². The second-order valence-corrected chi connectivity index (χ2v) is 3.71. The van der Waals surface area contributed by atoms with Crippen LogP contribution in [-0.4, -0.2) is 14.9 Å². The molecule has 0 heterocycles. The molecule has 0 atom stereocenters. The molecule has 0 saturated carbocycles. The first-order valence-corrected chi connectivity index (χ1v) is 3.65. The van der Waals surface area contributed by atoms with Crippen molar-refractivity contribution in [1.82, 2.24) is 0 Å². The van der Waals surface area contributed by atoms with Gasteiger partial charge in [-0.05, 0) is 0 Å². The Balaban J connectivity index is 2.82. The molecule has 0 fully saturated rings. The summed E-state index contributed by atoms with van der Waals surface area (Å²) in [5, 5.41) is 8.31. The van der Waals surface area contributed by atoms with E-state index in [0.29, 0.717) is 6.61 Å². The Morgan fingerprint density at radius 1 is 1.71 bits per heavy atom. The molecule has 0 saturated heterocycles. The number of rotatable bonds is 3. The van der Waals surface area contributed by atoms with Crippen molar-refractivity contribution in [2.45, 2.75) is 19.8 Å². The Morgan fingerprint density at radius 2 is 2.29 bits per heavy atom. The molecule has 0 aromatic rings. The van der Waals surface area contributed by atoms with E-state index < -0.39 is 0 Å². The summed E-state index contributed by atoms with van der Waals surface area (Å²) >= 11 is 1.50. The van der Waals surface area contributed by atoms with Gasteiger partial charge in [-0.2, -0.15) is 0 Å². The van der Waals surface area contributed by atoms with Crippen molar-refractivity contribution in [3.05, 3.63) is 0 Å². The summed E-state index contributed by atoms with van der Waals surface area (Å²) < 4.78 is 1.49. The van der Waals surface area contributed by atoms with E-state index in [0.717, 1.165) is 12.8 Å². The van der Waals surface area contributed by atoms with Crippen LogP contribution < -0.4 is 0 Å². The van der Waals surface area contributed by atoms with Crippen LogP contribution in [0.25, 0.3) is 0 Å². The van der Waals surface area contributed by atoms with Gasteiger partial charge in [0, 0.05) is 0 Å². The summed E-state index contributed by atoms with van der Waals surface area (Å²) in [5.41, 5.74) is 0. The quantitative estimate of drug-likeness (QED) is 0.665. The molecule has 1 nitrogen and oxygen atoms in total. The zero-order chi connectivity index (χ0) is 5.70. The molecule has 0 unspecified atom stereocenters. The van der Waals surface area contributed by atoms with Crippen molar-refractivity contribution in [3.8, 4) is 0 Å². The van der Waals surface area contributed by atoms with E-state index in [9.17, 15) is 0 Å². The molecule has 0 amide bonds. The van der Waals surface area contributed by atoms with Crippen LogP contribution in [0.3, 0.4) is 0 Å². The van der Waals surface area contributed by atoms with Crippen LogP contribution in [0.5, 0.6) is 0 Å². The van der Waals surface area contributed by atoms with Crippen molar-refractivity contribution in [2.24, 2.45) is 0 Å². The van der Waals surface area contributed by atoms with Gasteiger partial charge in [0.25, 0.3) is 0 Å². The summed E-state index contributed by atoms with van der Waals surface area (Å²) in [6.45, 7) is 2.46. The van der Waals surface area contributed by atoms with Crippen LogP contribution in [-0.2, 0) is 24.2 Å². The first kappa shape index (κ1) is 7.71. The van der Waals surface area contributed by atoms with Gasteiger partial charge in [0.2, 0.25) is 0 Å². The third kappa shape index (κ3) is 6.71. The number of hydrogen-bond donors (Lipinski definition) is 1. The molecule has 0 spiro atoms. The number of hydrogen-bond acceptors (Lipinski definition) is 1. The fraction of sp³-hybridized carbons (Fsp3) is 0.800. The first-order chi connectivity index (χ1) is 3.27. The molecule has 0 aromatic heterocycles. The van der Waals surface area contributed by atoms with Gasteiger partial charge < -0.3 is 0 Å². The van der Waals surface area contributed by atoms with Gasteiger partial charge in [0.05, 0.1) is 0 Å². The zero-order valence-corrected chi connectivity index (χ0v) is 7.03. The van der Waals surface area contributed by atoms with Crippen LogP contribution in [0.15, 0.2) is 0 Å². The van der Waals surface area contributed by atoms with Gasteiger partial charge in [-0.3, -0.25) is 0 Å². The predicted molar refractivity (Wildman–Crippen MR) is 27.0 cm³/mol. The second-order valence-electron chi connectivity index (χ2n) is 1.61. The van der Waals surface area contributed by atoms with Crippen molar-refractivity contribution in [2.75, 3.05) is 6.61 Å². The Morgan fingerprint density at radius 3 is 2.43 bits per heavy atom. The Kier molecular flexibility index (Phi) is 5.36. The third-order valence-corrected chi connectivity index (χ3v) is 1.32. The average Bonchev–Trinajstić information content (AvgIpc) is 1.61. The van der Waals surface area contributed by atoms with Crippen LogP contribution in [0.4, 0.5) is 0 Å². The third-order valence-electron chi connectivity index (χ3n) is 0.710. The van der Waals surface area contributed by atoms with E-state index in [1.165, 1.54) is 27.4 Å². The molecular weight excluding hydrogens is 167 g/mol. The number of aliphatic hydroxyl groups is 1. The van der Waals surface area contributed by atoms with Gasteiger partial charge in [0.15, 0.2) is 0 Å². The van der Waals surface area contributed by atoms with Gasteiger partial charge in [-0.15, -0.1) is 0 Å². The molecule has 38 valence electrons. The second kappa shape index (κ2) is 4.86. The molecule has 0 aliphatic rings. The zero-order valence-electron chi connectivity index (χ0n) is 4.57. The van der Waals surface area contributed by atoms with Gasteiger partial charge in [-0.25, -0.2) is 0 Å². The molecule has 7 heavy (non-hydrogen) atoms. The predicted octanol–water partition coefficient (Wildman–Crippen LogP) is 0.498. The summed E-state index contributed by atoms with van der Waals surface area (Å²) in [7, 11) is 0. The molecular formula is C5H10OZr+2.